The summed E-state index contributed by atoms with van der Waals surface area (Å²) < 4.78 is 39.9. The molecule has 4 rings (SSSR count). The number of hydrazine groups is 1. The van der Waals surface area contributed by atoms with Crippen LogP contribution in [0, 0.1) is 0 Å². The summed E-state index contributed by atoms with van der Waals surface area (Å²) in [6.07, 6.45) is -1.34. The zero-order valence-corrected chi connectivity index (χ0v) is 18.8. The molecule has 33 heavy (non-hydrogen) atoms. The summed E-state index contributed by atoms with van der Waals surface area (Å²) in [5.74, 6) is 0. The van der Waals surface area contributed by atoms with Crippen LogP contribution in [0.15, 0.2) is 48.5 Å². The standard InChI is InChI=1S/C23H26ClF3N4O2/c24-19-7-9-20(10-8-19)31-21(17-5-4-6-18(15-17)23(25,26)27)16-28(22(31)32)13-14-30(33)29-11-2-1-3-12-29/h4-10,15,21,33H,1-3,11-14,16H2. The van der Waals surface area contributed by atoms with Crippen LogP contribution in [0.5, 0.6) is 0 Å². The van der Waals surface area contributed by atoms with Crippen molar-refractivity contribution in [3.63, 3.8) is 0 Å². The van der Waals surface area contributed by atoms with Gasteiger partial charge in [-0.1, -0.05) is 30.2 Å². The first-order chi connectivity index (χ1) is 15.7. The highest BCUT2D eigenvalue weighted by atomic mass is 35.5. The summed E-state index contributed by atoms with van der Waals surface area (Å²) in [5.41, 5.74) is 0.187. The van der Waals surface area contributed by atoms with E-state index in [1.165, 1.54) is 11.0 Å². The summed E-state index contributed by atoms with van der Waals surface area (Å²) >= 11 is 5.99. The van der Waals surface area contributed by atoms with Crippen molar-refractivity contribution in [1.82, 2.24) is 15.1 Å². The zero-order valence-electron chi connectivity index (χ0n) is 18.0. The van der Waals surface area contributed by atoms with Crippen LogP contribution in [0.2, 0.25) is 5.02 Å². The topological polar surface area (TPSA) is 50.3 Å². The molecule has 2 amide bonds. The molecular weight excluding hydrogens is 457 g/mol. The first-order valence-corrected chi connectivity index (χ1v) is 11.3. The van der Waals surface area contributed by atoms with E-state index in [1.54, 1.807) is 35.2 Å². The monoisotopic (exact) mass is 482 g/mol. The first-order valence-electron chi connectivity index (χ1n) is 11.0. The predicted octanol–water partition coefficient (Wildman–Crippen LogP) is 5.43. The fraction of sp³-hybridized carbons (Fsp3) is 0.435. The Kier molecular flexibility index (Phi) is 7.13. The van der Waals surface area contributed by atoms with Crippen molar-refractivity contribution in [3.8, 4) is 0 Å². The van der Waals surface area contributed by atoms with E-state index >= 15 is 0 Å². The third-order valence-electron chi connectivity index (χ3n) is 6.11. The Morgan fingerprint density at radius 2 is 1.76 bits per heavy atom. The van der Waals surface area contributed by atoms with Crippen molar-refractivity contribution in [1.29, 1.82) is 0 Å². The lowest BCUT2D eigenvalue weighted by molar-refractivity contribution is -0.251. The van der Waals surface area contributed by atoms with E-state index in [2.05, 4.69) is 0 Å². The Morgan fingerprint density at radius 1 is 1.06 bits per heavy atom. The number of carbonyl (C=O) groups is 1. The number of hydroxylamine groups is 1. The predicted molar refractivity (Wildman–Crippen MR) is 119 cm³/mol. The maximum atomic E-state index is 13.3. The van der Waals surface area contributed by atoms with Crippen molar-refractivity contribution >= 4 is 23.3 Å². The fourth-order valence-corrected chi connectivity index (χ4v) is 4.50. The zero-order chi connectivity index (χ0) is 23.6. The summed E-state index contributed by atoms with van der Waals surface area (Å²) in [4.78, 5) is 16.4. The van der Waals surface area contributed by atoms with Crippen LogP contribution in [-0.4, -0.2) is 59.0 Å². The molecule has 1 unspecified atom stereocenters. The minimum Gasteiger partial charge on any atom is -0.320 e. The molecule has 0 aromatic heterocycles. The molecule has 2 heterocycles. The lowest BCUT2D eigenvalue weighted by Crippen LogP contribution is -2.47. The molecular formula is C23H26ClF3N4O2. The number of nitrogens with zero attached hydrogens (tertiary/aromatic N) is 4. The van der Waals surface area contributed by atoms with Gasteiger partial charge in [-0.3, -0.25) is 10.1 Å². The third-order valence-corrected chi connectivity index (χ3v) is 6.37. The van der Waals surface area contributed by atoms with E-state index in [9.17, 15) is 23.2 Å². The highest BCUT2D eigenvalue weighted by Crippen LogP contribution is 2.37. The van der Waals surface area contributed by atoms with Gasteiger partial charge in [0, 0.05) is 36.9 Å². The highest BCUT2D eigenvalue weighted by Gasteiger charge is 2.40. The normalized spacial score (nSPS) is 20.2. The Hall–Kier alpha value is -2.33. The van der Waals surface area contributed by atoms with Gasteiger partial charge in [-0.15, -0.1) is 5.17 Å². The number of hydrogen-bond acceptors (Lipinski definition) is 4. The van der Waals surface area contributed by atoms with Crippen LogP contribution >= 0.6 is 11.6 Å². The Bertz CT molecular complexity index is 967. The maximum absolute atomic E-state index is 13.3. The van der Waals surface area contributed by atoms with Gasteiger partial charge in [-0.05, 0) is 54.8 Å². The van der Waals surface area contributed by atoms with Gasteiger partial charge in [0.05, 0.1) is 18.2 Å². The van der Waals surface area contributed by atoms with Crippen molar-refractivity contribution in [3.05, 3.63) is 64.7 Å². The average molecular weight is 483 g/mol. The summed E-state index contributed by atoms with van der Waals surface area (Å²) in [5, 5.41) is 13.9. The van der Waals surface area contributed by atoms with Crippen LogP contribution < -0.4 is 4.90 Å². The quantitative estimate of drug-likeness (QED) is 0.557. The molecule has 2 aromatic rings. The number of amides is 2. The van der Waals surface area contributed by atoms with Crippen LogP contribution in [-0.2, 0) is 6.18 Å². The SMILES string of the molecule is O=C1N(CCN(O)N2CCCCC2)CC(c2cccc(C(F)(F)F)c2)N1c1ccc(Cl)cc1. The fourth-order valence-electron chi connectivity index (χ4n) is 4.37. The lowest BCUT2D eigenvalue weighted by Gasteiger charge is -2.33. The number of anilines is 1. The van der Waals surface area contributed by atoms with Crippen molar-refractivity contribution < 1.29 is 23.2 Å². The number of halogens is 4. The highest BCUT2D eigenvalue weighted by molar-refractivity contribution is 6.30. The minimum absolute atomic E-state index is 0.205. The lowest BCUT2D eigenvalue weighted by atomic mass is 10.0. The number of benzene rings is 2. The molecule has 0 spiro atoms. The van der Waals surface area contributed by atoms with E-state index in [1.807, 2.05) is 5.01 Å². The van der Waals surface area contributed by atoms with Crippen LogP contribution in [0.25, 0.3) is 0 Å². The maximum Gasteiger partial charge on any atom is 0.416 e. The number of hydrogen-bond donors (Lipinski definition) is 1. The Balaban J connectivity index is 1.57. The van der Waals surface area contributed by atoms with E-state index in [4.69, 9.17) is 11.6 Å². The van der Waals surface area contributed by atoms with Crippen molar-refractivity contribution in [2.75, 3.05) is 37.6 Å². The first kappa shape index (κ1) is 23.8. The van der Waals surface area contributed by atoms with Crippen LogP contribution in [0.3, 0.4) is 0 Å². The minimum atomic E-state index is -4.48. The smallest absolute Gasteiger partial charge is 0.320 e. The summed E-state index contributed by atoms with van der Waals surface area (Å²) in [7, 11) is 0. The molecule has 2 aromatic carbocycles. The molecule has 0 bridgehead atoms. The van der Waals surface area contributed by atoms with Gasteiger partial charge in [-0.25, -0.2) is 9.80 Å². The van der Waals surface area contributed by atoms with Gasteiger partial charge < -0.3 is 4.90 Å². The molecule has 2 saturated heterocycles. The molecule has 1 atom stereocenters. The largest absolute Gasteiger partial charge is 0.416 e. The van der Waals surface area contributed by atoms with Gasteiger partial charge in [-0.2, -0.15) is 13.2 Å². The number of rotatable bonds is 6. The average Bonchev–Trinajstić information content (AvgIpc) is 3.14. The molecule has 1 N–H and O–H groups in total. The van der Waals surface area contributed by atoms with Gasteiger partial charge >= 0.3 is 12.2 Å². The Labute approximate surface area is 195 Å². The second-order valence-electron chi connectivity index (χ2n) is 8.32. The third kappa shape index (κ3) is 5.43. The molecule has 178 valence electrons. The number of urea groups is 1. The van der Waals surface area contributed by atoms with Gasteiger partial charge in [0.2, 0.25) is 0 Å². The number of alkyl halides is 3. The van der Waals surface area contributed by atoms with E-state index in [0.717, 1.165) is 49.7 Å². The van der Waals surface area contributed by atoms with Crippen LogP contribution in [0.4, 0.5) is 23.7 Å². The molecule has 10 heteroatoms. The van der Waals surface area contributed by atoms with E-state index in [0.29, 0.717) is 16.3 Å². The summed E-state index contributed by atoms with van der Waals surface area (Å²) in [6.45, 7) is 2.18. The molecule has 0 radical (unpaired) electrons. The van der Waals surface area contributed by atoms with E-state index in [-0.39, 0.29) is 25.7 Å². The number of carbonyl (C=O) groups excluding carboxylic acids is 1. The second kappa shape index (κ2) is 9.89. The summed E-state index contributed by atoms with van der Waals surface area (Å²) in [6, 6.07) is 10.8. The van der Waals surface area contributed by atoms with Gasteiger partial charge in [0.15, 0.2) is 0 Å². The molecule has 2 fully saturated rings. The molecule has 0 aliphatic carbocycles. The molecule has 2 aliphatic rings. The van der Waals surface area contributed by atoms with E-state index < -0.39 is 17.8 Å². The van der Waals surface area contributed by atoms with Crippen molar-refractivity contribution in [2.24, 2.45) is 0 Å². The molecule has 6 nitrogen and oxygen atoms in total. The second-order valence-corrected chi connectivity index (χ2v) is 8.76. The van der Waals surface area contributed by atoms with Gasteiger partial charge in [0.25, 0.3) is 0 Å². The van der Waals surface area contributed by atoms with Gasteiger partial charge in [0.1, 0.15) is 0 Å². The molecule has 2 aliphatic heterocycles. The van der Waals surface area contributed by atoms with Crippen molar-refractivity contribution in [2.45, 2.75) is 31.5 Å². The molecule has 0 saturated carbocycles. The Morgan fingerprint density at radius 3 is 2.42 bits per heavy atom. The van der Waals surface area contributed by atoms with Crippen LogP contribution in [0.1, 0.15) is 36.4 Å². The number of piperidine rings is 1.